The molecule has 0 saturated heterocycles. The Morgan fingerprint density at radius 1 is 1.09 bits per heavy atom. The van der Waals surface area contributed by atoms with Crippen LogP contribution in [0.15, 0.2) is 60.7 Å². The van der Waals surface area contributed by atoms with Crippen molar-refractivity contribution in [1.29, 1.82) is 0 Å². The zero-order valence-electron chi connectivity index (χ0n) is 20.7. The molecule has 1 amide bonds. The summed E-state index contributed by atoms with van der Waals surface area (Å²) in [6.07, 6.45) is 4.98. The summed E-state index contributed by atoms with van der Waals surface area (Å²) in [5.74, 6) is -0.547. The summed E-state index contributed by atoms with van der Waals surface area (Å²) in [6, 6.07) is 19.8. The van der Waals surface area contributed by atoms with E-state index in [-0.39, 0.29) is 11.9 Å². The number of anilines is 1. The number of nitrogens with one attached hydrogen (secondary N) is 1. The molecule has 0 aliphatic heterocycles. The standard InChI is InChI=1S/C29H34N2O4/c1-4-20(2)31-23(12-8-11-21-9-6-5-7-10-21)14-15-25(31)27(32)30-24-19-22(13-16-26(24)35-3)29(17-18-29)28(33)34/h5-7,9-10,13-16,19-20H,4,8,11-12,17-18H2,1-3H3,(H,30,32)(H,33,34)/t20-/m0/s1. The summed E-state index contributed by atoms with van der Waals surface area (Å²) in [5.41, 5.74) is 3.39. The number of methoxy groups -OCH3 is 1. The van der Waals surface area contributed by atoms with Crippen molar-refractivity contribution < 1.29 is 19.4 Å². The quantitative estimate of drug-likeness (QED) is 0.357. The van der Waals surface area contributed by atoms with Gasteiger partial charge in [0.05, 0.1) is 18.2 Å². The van der Waals surface area contributed by atoms with E-state index in [1.807, 2.05) is 18.2 Å². The Bertz CT molecular complexity index is 1190. The number of nitrogens with zero attached hydrogens (tertiary/aromatic N) is 1. The maximum Gasteiger partial charge on any atom is 0.314 e. The summed E-state index contributed by atoms with van der Waals surface area (Å²) in [4.78, 5) is 25.2. The molecule has 6 heteroatoms. The lowest BCUT2D eigenvalue weighted by atomic mass is 9.95. The van der Waals surface area contributed by atoms with Crippen molar-refractivity contribution in [2.45, 2.75) is 63.8 Å². The Morgan fingerprint density at radius 2 is 1.83 bits per heavy atom. The molecule has 6 nitrogen and oxygen atoms in total. The summed E-state index contributed by atoms with van der Waals surface area (Å²) >= 11 is 0. The second-order valence-corrected chi connectivity index (χ2v) is 9.43. The first kappa shape index (κ1) is 24.6. The molecule has 0 radical (unpaired) electrons. The van der Waals surface area contributed by atoms with E-state index in [1.165, 1.54) is 5.56 Å². The number of ether oxygens (including phenoxy) is 1. The molecule has 1 fully saturated rings. The highest BCUT2D eigenvalue weighted by molar-refractivity contribution is 6.04. The van der Waals surface area contributed by atoms with Crippen molar-refractivity contribution in [1.82, 2.24) is 4.57 Å². The Hall–Kier alpha value is -3.54. The third-order valence-corrected chi connectivity index (χ3v) is 7.17. The molecule has 0 bridgehead atoms. The smallest absolute Gasteiger partial charge is 0.314 e. The molecule has 0 unspecified atom stereocenters. The van der Waals surface area contributed by atoms with Gasteiger partial charge in [-0.3, -0.25) is 9.59 Å². The lowest BCUT2D eigenvalue weighted by Crippen LogP contribution is -2.22. The van der Waals surface area contributed by atoms with Crippen LogP contribution in [0.5, 0.6) is 5.75 Å². The Kier molecular flexibility index (Phi) is 7.29. The van der Waals surface area contributed by atoms with E-state index >= 15 is 0 Å². The zero-order valence-corrected chi connectivity index (χ0v) is 20.7. The molecular formula is C29H34N2O4. The molecule has 1 aliphatic rings. The third kappa shape index (κ3) is 5.11. The van der Waals surface area contributed by atoms with Crippen LogP contribution in [0.2, 0.25) is 0 Å². The number of aliphatic carboxylic acids is 1. The number of hydrogen-bond acceptors (Lipinski definition) is 3. The van der Waals surface area contributed by atoms with Crippen LogP contribution in [0, 0.1) is 0 Å². The molecule has 1 heterocycles. The van der Waals surface area contributed by atoms with Gasteiger partial charge in [-0.15, -0.1) is 0 Å². The number of rotatable bonds is 11. The van der Waals surface area contributed by atoms with Crippen LogP contribution in [0.1, 0.15) is 72.9 Å². The monoisotopic (exact) mass is 474 g/mol. The van der Waals surface area contributed by atoms with Gasteiger partial charge in [-0.05, 0) is 80.8 Å². The van der Waals surface area contributed by atoms with Crippen LogP contribution in [0.3, 0.4) is 0 Å². The SMILES string of the molecule is CC[C@H](C)n1c(CCCc2ccccc2)ccc1C(=O)Nc1cc(C2(C(=O)O)CC2)ccc1OC. The molecule has 184 valence electrons. The predicted octanol–water partition coefficient (Wildman–Crippen LogP) is 6.01. The van der Waals surface area contributed by atoms with E-state index in [0.29, 0.717) is 35.5 Å². The molecule has 35 heavy (non-hydrogen) atoms. The van der Waals surface area contributed by atoms with Crippen LogP contribution in [-0.4, -0.2) is 28.7 Å². The minimum atomic E-state index is -0.853. The van der Waals surface area contributed by atoms with Gasteiger partial charge >= 0.3 is 5.97 Å². The topological polar surface area (TPSA) is 80.6 Å². The lowest BCUT2D eigenvalue weighted by Gasteiger charge is -2.20. The average molecular weight is 475 g/mol. The van der Waals surface area contributed by atoms with Crippen molar-refractivity contribution in [3.63, 3.8) is 0 Å². The number of aryl methyl sites for hydroxylation is 2. The maximum atomic E-state index is 13.4. The molecule has 1 saturated carbocycles. The fourth-order valence-electron chi connectivity index (χ4n) is 4.74. The molecule has 0 spiro atoms. The van der Waals surface area contributed by atoms with Gasteiger partial charge in [0.25, 0.3) is 5.91 Å². The van der Waals surface area contributed by atoms with E-state index in [2.05, 4.69) is 48.0 Å². The first-order valence-corrected chi connectivity index (χ1v) is 12.4. The molecule has 2 N–H and O–H groups in total. The van der Waals surface area contributed by atoms with Crippen LogP contribution >= 0.6 is 0 Å². The Labute approximate surface area is 206 Å². The molecule has 1 aliphatic carbocycles. The molecule has 1 aromatic heterocycles. The van der Waals surface area contributed by atoms with Gasteiger partial charge < -0.3 is 19.7 Å². The summed E-state index contributed by atoms with van der Waals surface area (Å²) in [7, 11) is 1.54. The highest BCUT2D eigenvalue weighted by Gasteiger charge is 2.52. The first-order chi connectivity index (χ1) is 16.9. The highest BCUT2D eigenvalue weighted by Crippen LogP contribution is 2.49. The van der Waals surface area contributed by atoms with Crippen molar-refractivity contribution in [2.24, 2.45) is 0 Å². The number of carbonyl (C=O) groups is 2. The summed E-state index contributed by atoms with van der Waals surface area (Å²) in [6.45, 7) is 4.25. The maximum absolute atomic E-state index is 13.4. The van der Waals surface area contributed by atoms with E-state index in [4.69, 9.17) is 4.74 Å². The van der Waals surface area contributed by atoms with E-state index in [0.717, 1.165) is 31.4 Å². The number of benzene rings is 2. The van der Waals surface area contributed by atoms with Crippen LogP contribution in [0.25, 0.3) is 0 Å². The zero-order chi connectivity index (χ0) is 25.0. The number of carbonyl (C=O) groups excluding carboxylic acids is 1. The summed E-state index contributed by atoms with van der Waals surface area (Å²) < 4.78 is 7.60. The minimum Gasteiger partial charge on any atom is -0.495 e. The first-order valence-electron chi connectivity index (χ1n) is 12.4. The summed E-state index contributed by atoms with van der Waals surface area (Å²) in [5, 5.41) is 12.7. The number of carboxylic acids is 1. The van der Waals surface area contributed by atoms with Crippen molar-refractivity contribution >= 4 is 17.6 Å². The van der Waals surface area contributed by atoms with Crippen LogP contribution in [-0.2, 0) is 23.1 Å². The van der Waals surface area contributed by atoms with Crippen molar-refractivity contribution in [3.8, 4) is 5.75 Å². The number of amides is 1. The second kappa shape index (κ2) is 10.4. The van der Waals surface area contributed by atoms with Gasteiger partial charge in [0.1, 0.15) is 11.4 Å². The normalized spacial score (nSPS) is 14.8. The molecule has 2 aromatic carbocycles. The van der Waals surface area contributed by atoms with E-state index in [9.17, 15) is 14.7 Å². The second-order valence-electron chi connectivity index (χ2n) is 9.43. The van der Waals surface area contributed by atoms with Crippen molar-refractivity contribution in [3.05, 3.63) is 83.2 Å². The molecule has 4 rings (SSSR count). The van der Waals surface area contributed by atoms with Crippen molar-refractivity contribution in [2.75, 3.05) is 12.4 Å². The van der Waals surface area contributed by atoms with Gasteiger partial charge in [0, 0.05) is 11.7 Å². The fraction of sp³-hybridized carbons (Fsp3) is 0.379. The van der Waals surface area contributed by atoms with Crippen LogP contribution in [0.4, 0.5) is 5.69 Å². The van der Waals surface area contributed by atoms with E-state index < -0.39 is 11.4 Å². The van der Waals surface area contributed by atoms with E-state index in [1.54, 1.807) is 25.3 Å². The number of carboxylic acid groups (broad SMARTS) is 1. The number of hydrogen-bond donors (Lipinski definition) is 2. The predicted molar refractivity (Wildman–Crippen MR) is 137 cm³/mol. The Balaban J connectivity index is 1.56. The Morgan fingerprint density at radius 3 is 2.46 bits per heavy atom. The largest absolute Gasteiger partial charge is 0.495 e. The third-order valence-electron chi connectivity index (χ3n) is 7.17. The van der Waals surface area contributed by atoms with Gasteiger partial charge in [-0.1, -0.05) is 43.3 Å². The van der Waals surface area contributed by atoms with Gasteiger partial charge in [-0.2, -0.15) is 0 Å². The average Bonchev–Trinajstić information content (AvgIpc) is 3.58. The van der Waals surface area contributed by atoms with Gasteiger partial charge in [0.15, 0.2) is 0 Å². The molecular weight excluding hydrogens is 440 g/mol. The highest BCUT2D eigenvalue weighted by atomic mass is 16.5. The van der Waals surface area contributed by atoms with Crippen LogP contribution < -0.4 is 10.1 Å². The fourth-order valence-corrected chi connectivity index (χ4v) is 4.74. The minimum absolute atomic E-state index is 0.174. The van der Waals surface area contributed by atoms with Gasteiger partial charge in [0.2, 0.25) is 0 Å². The molecule has 3 aromatic rings. The number of aromatic nitrogens is 1. The molecule has 1 atom stereocenters. The lowest BCUT2D eigenvalue weighted by molar-refractivity contribution is -0.140. The van der Waals surface area contributed by atoms with Gasteiger partial charge in [-0.25, -0.2) is 0 Å².